The van der Waals surface area contributed by atoms with Gasteiger partial charge in [0, 0.05) is 43.7 Å². The van der Waals surface area contributed by atoms with E-state index < -0.39 is 5.60 Å². The number of carbonyl (C=O) groups excluding carboxylic acids is 1. The summed E-state index contributed by atoms with van der Waals surface area (Å²) in [5.74, 6) is 0.105. The van der Waals surface area contributed by atoms with Crippen molar-refractivity contribution in [3.63, 3.8) is 0 Å². The third-order valence-corrected chi connectivity index (χ3v) is 8.20. The third kappa shape index (κ3) is 3.78. The Morgan fingerprint density at radius 3 is 2.63 bits per heavy atom. The Bertz CT molecular complexity index is 1230. The predicted octanol–water partition coefficient (Wildman–Crippen LogP) is 4.08. The second-order valence-corrected chi connectivity index (χ2v) is 10.1. The first-order chi connectivity index (χ1) is 17.1. The molecule has 35 heavy (non-hydrogen) atoms. The number of likely N-dealkylation sites (tertiary alicyclic amines) is 1. The number of halogens is 1. The van der Waals surface area contributed by atoms with E-state index in [4.69, 9.17) is 4.98 Å². The quantitative estimate of drug-likeness (QED) is 0.600. The van der Waals surface area contributed by atoms with Crippen LogP contribution in [0.5, 0.6) is 0 Å². The number of aromatic nitrogens is 2. The number of nitrogens with one attached hydrogen (secondary N) is 1. The summed E-state index contributed by atoms with van der Waals surface area (Å²) in [6, 6.07) is 16.2. The highest BCUT2D eigenvalue weighted by Crippen LogP contribution is 2.47. The maximum Gasteiger partial charge on any atom is 0.290 e. The van der Waals surface area contributed by atoms with Crippen LogP contribution >= 0.6 is 0 Å². The van der Waals surface area contributed by atoms with Crippen molar-refractivity contribution in [1.82, 2.24) is 19.8 Å². The number of amides is 1. The monoisotopic (exact) mass is 474 g/mol. The fourth-order valence-corrected chi connectivity index (χ4v) is 6.46. The predicted molar refractivity (Wildman–Crippen MR) is 131 cm³/mol. The summed E-state index contributed by atoms with van der Waals surface area (Å²) in [6.45, 7) is 2.55. The van der Waals surface area contributed by atoms with Gasteiger partial charge in [-0.15, -0.1) is 0 Å². The van der Waals surface area contributed by atoms with Crippen molar-refractivity contribution in [2.45, 2.75) is 56.8 Å². The molecule has 3 atom stereocenters. The molecule has 1 aromatic heterocycles. The fourth-order valence-electron chi connectivity index (χ4n) is 6.46. The Kier molecular flexibility index (Phi) is 5.69. The topological polar surface area (TPSA) is 70.4 Å². The lowest BCUT2D eigenvalue weighted by atomic mass is 9.66. The Morgan fingerprint density at radius 1 is 1.06 bits per heavy atom. The lowest BCUT2D eigenvalue weighted by Gasteiger charge is -2.52. The average Bonchev–Trinajstić information content (AvgIpc) is 3.29. The molecular formula is C28H31FN4O2. The summed E-state index contributed by atoms with van der Waals surface area (Å²) >= 11 is 0. The van der Waals surface area contributed by atoms with Gasteiger partial charge in [0.25, 0.3) is 5.91 Å². The summed E-state index contributed by atoms with van der Waals surface area (Å²) < 4.78 is 15.6. The van der Waals surface area contributed by atoms with Crippen LogP contribution < -0.4 is 5.32 Å². The van der Waals surface area contributed by atoms with Gasteiger partial charge in [0.2, 0.25) is 0 Å². The fraction of sp³-hybridized carbons (Fsp3) is 0.429. The van der Waals surface area contributed by atoms with Gasteiger partial charge in [-0.25, -0.2) is 9.37 Å². The molecule has 2 aromatic carbocycles. The van der Waals surface area contributed by atoms with Crippen LogP contribution in [-0.2, 0) is 18.7 Å². The summed E-state index contributed by atoms with van der Waals surface area (Å²) in [6.07, 6.45) is 4.44. The first kappa shape index (κ1) is 22.4. The van der Waals surface area contributed by atoms with Crippen LogP contribution in [0.15, 0.2) is 54.6 Å². The molecule has 182 valence electrons. The van der Waals surface area contributed by atoms with Gasteiger partial charge in [-0.2, -0.15) is 0 Å². The number of hydrogen-bond acceptors (Lipinski definition) is 4. The van der Waals surface area contributed by atoms with Crippen LogP contribution in [0.25, 0.3) is 11.3 Å². The molecule has 3 aliphatic rings. The van der Waals surface area contributed by atoms with Gasteiger partial charge in [0.15, 0.2) is 5.82 Å². The Balaban J connectivity index is 1.36. The molecule has 3 heterocycles. The van der Waals surface area contributed by atoms with Crippen molar-refractivity contribution in [2.75, 3.05) is 13.1 Å². The molecular weight excluding hydrogens is 443 g/mol. The summed E-state index contributed by atoms with van der Waals surface area (Å²) in [5.41, 5.74) is 2.54. The summed E-state index contributed by atoms with van der Waals surface area (Å²) in [7, 11) is 0. The lowest BCUT2D eigenvalue weighted by Crippen LogP contribution is -2.59. The molecule has 6 nitrogen and oxygen atoms in total. The molecule has 0 radical (unpaired) electrons. The van der Waals surface area contributed by atoms with Crippen LogP contribution in [0.1, 0.15) is 54.0 Å². The number of aliphatic hydroxyl groups is 1. The minimum atomic E-state index is -0.918. The van der Waals surface area contributed by atoms with Gasteiger partial charge < -0.3 is 19.9 Å². The van der Waals surface area contributed by atoms with Crippen molar-refractivity contribution >= 4 is 5.91 Å². The van der Waals surface area contributed by atoms with E-state index in [9.17, 15) is 14.3 Å². The minimum absolute atomic E-state index is 0.00498. The van der Waals surface area contributed by atoms with E-state index in [1.54, 1.807) is 12.1 Å². The van der Waals surface area contributed by atoms with Crippen molar-refractivity contribution in [1.29, 1.82) is 0 Å². The van der Waals surface area contributed by atoms with E-state index in [0.29, 0.717) is 31.9 Å². The number of benzene rings is 2. The molecule has 2 aliphatic heterocycles. The van der Waals surface area contributed by atoms with Gasteiger partial charge in [0.05, 0.1) is 17.0 Å². The lowest BCUT2D eigenvalue weighted by molar-refractivity contribution is -0.110. The number of rotatable bonds is 3. The minimum Gasteiger partial charge on any atom is -0.385 e. The molecule has 0 bridgehead atoms. The molecule has 1 unspecified atom stereocenters. The Morgan fingerprint density at radius 2 is 1.83 bits per heavy atom. The molecule has 1 saturated carbocycles. The summed E-state index contributed by atoms with van der Waals surface area (Å²) in [4.78, 5) is 20.9. The van der Waals surface area contributed by atoms with Crippen LogP contribution in [0, 0.1) is 11.7 Å². The molecule has 7 heteroatoms. The smallest absolute Gasteiger partial charge is 0.290 e. The highest BCUT2D eigenvalue weighted by atomic mass is 19.1. The number of imidazole rings is 1. The summed E-state index contributed by atoms with van der Waals surface area (Å²) in [5, 5.41) is 15.3. The number of hydrogen-bond donors (Lipinski definition) is 2. The van der Waals surface area contributed by atoms with Crippen LogP contribution in [-0.4, -0.2) is 44.6 Å². The zero-order chi connectivity index (χ0) is 24.0. The largest absolute Gasteiger partial charge is 0.385 e. The normalized spacial score (nSPS) is 26.2. The maximum absolute atomic E-state index is 14.1. The van der Waals surface area contributed by atoms with E-state index >= 15 is 0 Å². The van der Waals surface area contributed by atoms with Crippen molar-refractivity contribution in [2.24, 2.45) is 5.92 Å². The third-order valence-electron chi connectivity index (χ3n) is 8.20. The second kappa shape index (κ2) is 8.88. The van der Waals surface area contributed by atoms with E-state index in [0.717, 1.165) is 54.7 Å². The van der Waals surface area contributed by atoms with Crippen LogP contribution in [0.4, 0.5) is 4.39 Å². The van der Waals surface area contributed by atoms with Gasteiger partial charge >= 0.3 is 0 Å². The average molecular weight is 475 g/mol. The van der Waals surface area contributed by atoms with E-state index in [2.05, 4.69) is 5.32 Å². The van der Waals surface area contributed by atoms with Crippen molar-refractivity contribution in [3.8, 4) is 11.3 Å². The zero-order valence-electron chi connectivity index (χ0n) is 19.8. The second-order valence-electron chi connectivity index (χ2n) is 10.1. The van der Waals surface area contributed by atoms with E-state index in [1.807, 2.05) is 39.8 Å². The molecule has 2 N–H and O–H groups in total. The van der Waals surface area contributed by atoms with Crippen molar-refractivity contribution < 1.29 is 14.3 Å². The van der Waals surface area contributed by atoms with Gasteiger partial charge in [0.1, 0.15) is 5.82 Å². The van der Waals surface area contributed by atoms with Crippen LogP contribution in [0.2, 0.25) is 0 Å². The molecule has 1 saturated heterocycles. The highest BCUT2D eigenvalue weighted by molar-refractivity contribution is 5.92. The number of piperidine rings is 1. The molecule has 0 spiro atoms. The number of carbonyl (C=O) groups is 1. The number of fused-ring (bicyclic) bond motifs is 2. The maximum atomic E-state index is 14.1. The van der Waals surface area contributed by atoms with Crippen LogP contribution in [0.3, 0.4) is 0 Å². The molecule has 2 fully saturated rings. The van der Waals surface area contributed by atoms with Gasteiger partial charge in [-0.1, -0.05) is 43.2 Å². The Hall–Kier alpha value is -3.03. The van der Waals surface area contributed by atoms with E-state index in [-0.39, 0.29) is 23.7 Å². The first-order valence-electron chi connectivity index (χ1n) is 12.7. The van der Waals surface area contributed by atoms with Gasteiger partial charge in [-0.05, 0) is 49.1 Å². The molecule has 1 aliphatic carbocycles. The zero-order valence-corrected chi connectivity index (χ0v) is 19.8. The molecule has 6 rings (SSSR count). The standard InChI is InChI=1S/C28H31FN4O2/c29-21-12-10-19(11-13-21)25-24-18-30-15-17-32(24)26(31-25)27(34)33-16-14-28(35,20-6-2-1-3-7-20)22-8-4-5-9-23(22)33/h1-3,6-7,10-13,22-23,30,35H,4-5,8-9,14-18H2/t22-,23+,28?/m0/s1. The highest BCUT2D eigenvalue weighted by Gasteiger charge is 2.50. The van der Waals surface area contributed by atoms with E-state index in [1.165, 1.54) is 12.1 Å². The first-order valence-corrected chi connectivity index (χ1v) is 12.7. The van der Waals surface area contributed by atoms with Crippen molar-refractivity contribution in [3.05, 3.63) is 77.5 Å². The molecule has 1 amide bonds. The van der Waals surface area contributed by atoms with Gasteiger partial charge in [-0.3, -0.25) is 4.79 Å². The molecule has 3 aromatic rings. The number of nitrogens with zero attached hydrogens (tertiary/aromatic N) is 3. The Labute approximate surface area is 204 Å². The SMILES string of the molecule is O=C(c1nc(-c2ccc(F)cc2)c2n1CCNC2)N1CCC(O)(c2ccccc2)[C@H]2CCCC[C@H]21.